The van der Waals surface area contributed by atoms with E-state index in [0.29, 0.717) is 12.0 Å². The zero-order valence-electron chi connectivity index (χ0n) is 22.8. The molecule has 1 aliphatic rings. The number of hydrogen-bond donors (Lipinski definition) is 2. The van der Waals surface area contributed by atoms with Gasteiger partial charge in [-0.25, -0.2) is 9.67 Å². The van der Waals surface area contributed by atoms with E-state index >= 15 is 0 Å². The van der Waals surface area contributed by atoms with Gasteiger partial charge < -0.3 is 15.5 Å². The number of anilines is 2. The van der Waals surface area contributed by atoms with Crippen molar-refractivity contribution in [3.05, 3.63) is 77.1 Å². The average molecular weight is 531 g/mol. The molecule has 2 aromatic carbocycles. The van der Waals surface area contributed by atoms with Crippen LogP contribution in [0.15, 0.2) is 60.8 Å². The second-order valence-corrected chi connectivity index (χ2v) is 11.1. The Hall–Kier alpha value is -3.09. The van der Waals surface area contributed by atoms with Crippen LogP contribution in [0, 0.1) is 5.92 Å². The smallest absolute Gasteiger partial charge is 0.128 e. The number of halogens is 1. The van der Waals surface area contributed by atoms with Crippen molar-refractivity contribution in [3.8, 4) is 5.69 Å². The first-order chi connectivity index (χ1) is 18.5. The van der Waals surface area contributed by atoms with Gasteiger partial charge in [0.15, 0.2) is 0 Å². The molecule has 0 aliphatic heterocycles. The highest BCUT2D eigenvalue weighted by Crippen LogP contribution is 2.30. The summed E-state index contributed by atoms with van der Waals surface area (Å²) >= 11 is 6.09. The van der Waals surface area contributed by atoms with Crippen LogP contribution < -0.4 is 15.5 Å². The Morgan fingerprint density at radius 1 is 1.03 bits per heavy atom. The Morgan fingerprint density at radius 3 is 2.53 bits per heavy atom. The van der Waals surface area contributed by atoms with E-state index in [1.54, 1.807) is 0 Å². The van der Waals surface area contributed by atoms with Gasteiger partial charge in [-0.15, -0.1) is 0 Å². The van der Waals surface area contributed by atoms with Crippen LogP contribution in [0.1, 0.15) is 50.3 Å². The summed E-state index contributed by atoms with van der Waals surface area (Å²) in [5.74, 6) is 1.69. The summed E-state index contributed by atoms with van der Waals surface area (Å²) in [6.45, 7) is 4.12. The lowest BCUT2D eigenvalue weighted by Crippen LogP contribution is -2.31. The third kappa shape index (κ3) is 6.13. The summed E-state index contributed by atoms with van der Waals surface area (Å²) in [6.07, 6.45) is 8.92. The van der Waals surface area contributed by atoms with E-state index in [0.717, 1.165) is 48.0 Å². The van der Waals surface area contributed by atoms with Crippen LogP contribution >= 0.6 is 11.6 Å². The predicted molar refractivity (Wildman–Crippen MR) is 160 cm³/mol. The molecular formula is C31H39ClN6. The lowest BCUT2D eigenvalue weighted by molar-refractivity contribution is 0.324. The van der Waals surface area contributed by atoms with Crippen molar-refractivity contribution in [2.45, 2.75) is 58.0 Å². The fraction of sp³-hybridized carbons (Fsp3) is 0.419. The van der Waals surface area contributed by atoms with Crippen molar-refractivity contribution >= 4 is 34.0 Å². The fourth-order valence-corrected chi connectivity index (χ4v) is 5.72. The molecule has 7 heteroatoms. The molecule has 1 fully saturated rings. The van der Waals surface area contributed by atoms with Crippen molar-refractivity contribution in [2.75, 3.05) is 30.9 Å². The number of rotatable bonds is 10. The second kappa shape index (κ2) is 12.2. The molecule has 1 aliphatic carbocycles. The minimum Gasteiger partial charge on any atom is -0.377 e. The molecular weight excluding hydrogens is 492 g/mol. The van der Waals surface area contributed by atoms with Crippen molar-refractivity contribution < 1.29 is 0 Å². The van der Waals surface area contributed by atoms with Gasteiger partial charge in [0.1, 0.15) is 5.82 Å². The van der Waals surface area contributed by atoms with Gasteiger partial charge in [0.05, 0.1) is 17.4 Å². The maximum atomic E-state index is 6.09. The van der Waals surface area contributed by atoms with Crippen LogP contribution in [0.4, 0.5) is 11.5 Å². The number of nitrogens with one attached hydrogen (secondary N) is 2. The van der Waals surface area contributed by atoms with Crippen molar-refractivity contribution in [3.63, 3.8) is 0 Å². The zero-order chi connectivity index (χ0) is 26.5. The SMILES string of the molecule is CCCc1c(CNCC2CCC(Nc3cc(N(C)C)c4ccccc4n3)CC2)cnn1-c1ccc(Cl)cc1. The summed E-state index contributed by atoms with van der Waals surface area (Å²) in [5, 5.41) is 14.1. The second-order valence-electron chi connectivity index (χ2n) is 10.7. The lowest BCUT2D eigenvalue weighted by Gasteiger charge is -2.30. The zero-order valence-corrected chi connectivity index (χ0v) is 23.5. The first kappa shape index (κ1) is 26.5. The third-order valence-corrected chi connectivity index (χ3v) is 7.89. The largest absolute Gasteiger partial charge is 0.377 e. The summed E-state index contributed by atoms with van der Waals surface area (Å²) in [4.78, 5) is 7.07. The molecule has 4 aromatic rings. The highest BCUT2D eigenvalue weighted by atomic mass is 35.5. The molecule has 2 N–H and O–H groups in total. The number of aromatic nitrogens is 3. The first-order valence-corrected chi connectivity index (χ1v) is 14.3. The number of pyridine rings is 1. The van der Waals surface area contributed by atoms with Crippen LogP contribution in [-0.2, 0) is 13.0 Å². The van der Waals surface area contributed by atoms with Gasteiger partial charge in [-0.05, 0) is 74.9 Å². The van der Waals surface area contributed by atoms with Crippen LogP contribution in [0.5, 0.6) is 0 Å². The topological polar surface area (TPSA) is 58.0 Å². The molecule has 0 spiro atoms. The summed E-state index contributed by atoms with van der Waals surface area (Å²) in [7, 11) is 4.19. The van der Waals surface area contributed by atoms with Gasteiger partial charge in [-0.1, -0.05) is 43.1 Å². The number of benzene rings is 2. The van der Waals surface area contributed by atoms with Crippen molar-refractivity contribution in [1.82, 2.24) is 20.1 Å². The Labute approximate surface area is 231 Å². The van der Waals surface area contributed by atoms with Crippen molar-refractivity contribution in [1.29, 1.82) is 0 Å². The van der Waals surface area contributed by atoms with E-state index < -0.39 is 0 Å². The Morgan fingerprint density at radius 2 is 1.79 bits per heavy atom. The van der Waals surface area contributed by atoms with Gasteiger partial charge in [0.25, 0.3) is 0 Å². The maximum absolute atomic E-state index is 6.09. The third-order valence-electron chi connectivity index (χ3n) is 7.64. The minimum atomic E-state index is 0.476. The van der Waals surface area contributed by atoms with Crippen LogP contribution in [0.2, 0.25) is 5.02 Å². The normalized spacial score (nSPS) is 17.6. The number of nitrogens with zero attached hydrogens (tertiary/aromatic N) is 4. The molecule has 38 heavy (non-hydrogen) atoms. The molecule has 0 saturated heterocycles. The molecule has 0 radical (unpaired) electrons. The molecule has 0 amide bonds. The molecule has 2 aromatic heterocycles. The van der Waals surface area contributed by atoms with E-state index in [1.807, 2.05) is 30.5 Å². The standard InChI is InChI=1S/C31H39ClN6/c1-4-7-29-23(21-34-38(29)26-16-12-24(32)13-17-26)20-33-19-22-10-14-25(15-11-22)35-31-18-30(37(2)3)27-8-5-6-9-28(27)36-31/h5-6,8-9,12-13,16-18,21-22,25,33H,4,7,10-11,14-15,19-20H2,1-3H3,(H,35,36). The molecule has 0 atom stereocenters. The highest BCUT2D eigenvalue weighted by molar-refractivity contribution is 6.30. The van der Waals surface area contributed by atoms with E-state index in [-0.39, 0.29) is 0 Å². The molecule has 0 bridgehead atoms. The minimum absolute atomic E-state index is 0.476. The molecule has 2 heterocycles. The average Bonchev–Trinajstić information content (AvgIpc) is 3.32. The number of fused-ring (bicyclic) bond motifs is 1. The fourth-order valence-electron chi connectivity index (χ4n) is 5.60. The monoisotopic (exact) mass is 530 g/mol. The van der Waals surface area contributed by atoms with Crippen molar-refractivity contribution in [2.24, 2.45) is 5.92 Å². The Kier molecular flexibility index (Phi) is 8.50. The van der Waals surface area contributed by atoms with E-state index in [9.17, 15) is 0 Å². The predicted octanol–water partition coefficient (Wildman–Crippen LogP) is 6.85. The summed E-state index contributed by atoms with van der Waals surface area (Å²) in [6, 6.07) is 19.0. The molecule has 5 rings (SSSR count). The maximum Gasteiger partial charge on any atom is 0.128 e. The van der Waals surface area contributed by atoms with Crippen LogP contribution in [0.3, 0.4) is 0 Å². The van der Waals surface area contributed by atoms with Crippen LogP contribution in [-0.4, -0.2) is 41.4 Å². The summed E-state index contributed by atoms with van der Waals surface area (Å²) < 4.78 is 2.07. The van der Waals surface area contributed by atoms with E-state index in [4.69, 9.17) is 21.7 Å². The van der Waals surface area contributed by atoms with E-state index in [1.165, 1.54) is 48.0 Å². The number of para-hydroxylation sites is 1. The van der Waals surface area contributed by atoms with E-state index in [2.05, 4.69) is 71.6 Å². The van der Waals surface area contributed by atoms with Crippen LogP contribution in [0.25, 0.3) is 16.6 Å². The first-order valence-electron chi connectivity index (χ1n) is 13.9. The van der Waals surface area contributed by atoms with Gasteiger partial charge in [0.2, 0.25) is 0 Å². The molecule has 0 unspecified atom stereocenters. The summed E-state index contributed by atoms with van der Waals surface area (Å²) in [5.41, 5.74) is 5.89. The van der Waals surface area contributed by atoms with Gasteiger partial charge in [-0.2, -0.15) is 5.10 Å². The van der Waals surface area contributed by atoms with Gasteiger partial charge in [0, 0.05) is 60.1 Å². The molecule has 1 saturated carbocycles. The lowest BCUT2D eigenvalue weighted by atomic mass is 9.86. The highest BCUT2D eigenvalue weighted by Gasteiger charge is 2.22. The molecule has 6 nitrogen and oxygen atoms in total. The Balaban J connectivity index is 1.14. The quantitative estimate of drug-likeness (QED) is 0.235. The van der Waals surface area contributed by atoms with Gasteiger partial charge >= 0.3 is 0 Å². The van der Waals surface area contributed by atoms with Gasteiger partial charge in [-0.3, -0.25) is 0 Å². The molecule has 200 valence electrons. The Bertz CT molecular complexity index is 1340. The number of hydrogen-bond acceptors (Lipinski definition) is 5.